The molecule has 2 N–H and O–H groups in total. The predicted octanol–water partition coefficient (Wildman–Crippen LogP) is 14.2. The van der Waals surface area contributed by atoms with Crippen molar-refractivity contribution in [2.24, 2.45) is 0 Å². The van der Waals surface area contributed by atoms with Crippen LogP contribution < -0.4 is 17.7 Å². The smallest absolute Gasteiger partial charge is 0.305 e. The highest BCUT2D eigenvalue weighted by molar-refractivity contribution is 5.77. The fourth-order valence-electron chi connectivity index (χ4n) is 8.51. The summed E-state index contributed by atoms with van der Waals surface area (Å²) in [7, 11) is 6.32. The number of carbonyl (C=O) groups excluding carboxylic acids is 3. The molecule has 0 aliphatic heterocycles. The topological polar surface area (TPSA) is 111 Å². The van der Waals surface area contributed by atoms with Crippen LogP contribution in [0.5, 0.6) is 0 Å². The van der Waals surface area contributed by atoms with Gasteiger partial charge in [-0.1, -0.05) is 190 Å². The standard InChI is InChI=1S/C65H116N2O7.ClH/c1-7-10-13-16-19-22-25-28-31-34-37-40-43-46-49-53-61(68)66-65(60-74-64(71)56-52-57-67(4,5)6,58-72-62(69)54-50-47-44-41-38-35-32-29-26-23-20-17-14-11-8-2)59-73-63(70)55-51-48-45-42-39-36-33-30-27-24-21-18-15-12-9-3;/h19-24,28-33,64,71H,7-18,25-27,34-60H2,1-6H3;1H/b22-19-,23-20-,24-21-,31-28-,32-29-,33-30-;. The van der Waals surface area contributed by atoms with Gasteiger partial charge in [0.15, 0.2) is 6.29 Å². The highest BCUT2D eigenvalue weighted by atomic mass is 35.5. The maximum atomic E-state index is 13.7. The van der Waals surface area contributed by atoms with Crippen molar-refractivity contribution in [3.63, 3.8) is 0 Å². The van der Waals surface area contributed by atoms with Crippen LogP contribution in [-0.2, 0) is 28.6 Å². The number of nitrogens with zero attached hydrogens (tertiary/aromatic N) is 1. The summed E-state index contributed by atoms with van der Waals surface area (Å²) in [4.78, 5) is 40.2. The van der Waals surface area contributed by atoms with E-state index >= 15 is 0 Å². The first-order valence-electron chi connectivity index (χ1n) is 30.6. The maximum Gasteiger partial charge on any atom is 0.305 e. The zero-order valence-electron chi connectivity index (χ0n) is 49.4. The minimum atomic E-state index is -1.35. The molecule has 1 atom stereocenters. The van der Waals surface area contributed by atoms with Gasteiger partial charge in [-0.15, -0.1) is 0 Å². The van der Waals surface area contributed by atoms with Crippen LogP contribution >= 0.6 is 0 Å². The van der Waals surface area contributed by atoms with Gasteiger partial charge in [0.25, 0.3) is 0 Å². The van der Waals surface area contributed by atoms with E-state index in [1.807, 2.05) is 0 Å². The number of halogens is 1. The van der Waals surface area contributed by atoms with E-state index in [1.165, 1.54) is 77.0 Å². The van der Waals surface area contributed by atoms with Gasteiger partial charge in [0.1, 0.15) is 18.8 Å². The van der Waals surface area contributed by atoms with Gasteiger partial charge in [0, 0.05) is 32.1 Å². The number of amides is 1. The second-order valence-corrected chi connectivity index (χ2v) is 22.0. The summed E-state index contributed by atoms with van der Waals surface area (Å²) in [5, 5.41) is 14.1. The van der Waals surface area contributed by atoms with E-state index in [0.717, 1.165) is 133 Å². The number of allylic oxidation sites excluding steroid dienone is 12. The van der Waals surface area contributed by atoms with Crippen molar-refractivity contribution in [1.29, 1.82) is 0 Å². The third-order valence-corrected chi connectivity index (χ3v) is 13.3. The Bertz CT molecular complexity index is 1420. The summed E-state index contributed by atoms with van der Waals surface area (Å²) in [6.07, 6.45) is 64.2. The van der Waals surface area contributed by atoms with Crippen LogP contribution in [0.3, 0.4) is 0 Å². The molecular formula is C65H117ClN2O7. The average molecular weight is 1070 g/mol. The Hall–Kier alpha value is -2.98. The molecule has 1 amide bonds. The average Bonchev–Trinajstić information content (AvgIpc) is 3.37. The van der Waals surface area contributed by atoms with E-state index in [9.17, 15) is 19.5 Å². The molecule has 0 saturated heterocycles. The third-order valence-electron chi connectivity index (χ3n) is 13.3. The summed E-state index contributed by atoms with van der Waals surface area (Å²) in [5.41, 5.74) is -1.35. The van der Waals surface area contributed by atoms with Crippen molar-refractivity contribution in [3.8, 4) is 0 Å². The van der Waals surface area contributed by atoms with Crippen molar-refractivity contribution < 1.29 is 50.6 Å². The maximum absolute atomic E-state index is 13.7. The summed E-state index contributed by atoms with van der Waals surface area (Å²) < 4.78 is 18.6. The lowest BCUT2D eigenvalue weighted by Crippen LogP contribution is -3.00. The van der Waals surface area contributed by atoms with Gasteiger partial charge in [-0.2, -0.15) is 0 Å². The van der Waals surface area contributed by atoms with Crippen molar-refractivity contribution >= 4 is 17.8 Å². The van der Waals surface area contributed by atoms with Crippen LogP contribution in [0.15, 0.2) is 72.9 Å². The van der Waals surface area contributed by atoms with E-state index in [2.05, 4.69) is 120 Å². The van der Waals surface area contributed by atoms with Crippen molar-refractivity contribution in [3.05, 3.63) is 72.9 Å². The number of aliphatic hydroxyl groups excluding tert-OH is 1. The van der Waals surface area contributed by atoms with Crippen LogP contribution in [0.1, 0.15) is 265 Å². The van der Waals surface area contributed by atoms with Crippen molar-refractivity contribution in [2.75, 3.05) is 47.5 Å². The number of hydrogen-bond acceptors (Lipinski definition) is 7. The lowest BCUT2D eigenvalue weighted by molar-refractivity contribution is -0.870. The van der Waals surface area contributed by atoms with Gasteiger partial charge in [0.2, 0.25) is 5.91 Å². The molecule has 0 rings (SSSR count). The Morgan fingerprint density at radius 3 is 1.11 bits per heavy atom. The molecular weight excluding hydrogens is 956 g/mol. The SMILES string of the molecule is CCCCC/C=C\C/C=C\CCCCCCCC(=O)NC(COC(=O)CCCCCCC/C=C\C/C=C\CCCCC)(COC(=O)CCCCCCC/C=C\C/C=C\CCCCC)COC(O)CCC[N+](C)(C)C.[Cl-]. The van der Waals surface area contributed by atoms with Crippen molar-refractivity contribution in [2.45, 2.75) is 277 Å². The molecule has 0 aliphatic carbocycles. The largest absolute Gasteiger partial charge is 1.00 e. The Labute approximate surface area is 468 Å². The molecule has 0 aromatic carbocycles. The normalized spacial score (nSPS) is 12.8. The summed E-state index contributed by atoms with van der Waals surface area (Å²) >= 11 is 0. The molecule has 0 bridgehead atoms. The monoisotopic (exact) mass is 1070 g/mol. The highest BCUT2D eigenvalue weighted by Gasteiger charge is 2.37. The number of rotatable bonds is 54. The molecule has 436 valence electrons. The first-order chi connectivity index (χ1) is 36.0. The quantitative estimate of drug-likeness (QED) is 0.0205. The molecule has 0 fully saturated rings. The van der Waals surface area contributed by atoms with Gasteiger partial charge < -0.3 is 41.5 Å². The second-order valence-electron chi connectivity index (χ2n) is 22.0. The molecule has 0 radical (unpaired) electrons. The molecule has 0 aromatic rings. The first kappa shape index (κ1) is 74.1. The lowest BCUT2D eigenvalue weighted by Gasteiger charge is -2.34. The molecule has 9 nitrogen and oxygen atoms in total. The zero-order chi connectivity index (χ0) is 54.3. The molecule has 10 heteroatoms. The van der Waals surface area contributed by atoms with Crippen LogP contribution in [0.4, 0.5) is 0 Å². The van der Waals surface area contributed by atoms with E-state index in [4.69, 9.17) is 14.2 Å². The minimum Gasteiger partial charge on any atom is -1.00 e. The van der Waals surface area contributed by atoms with Crippen LogP contribution in [0.25, 0.3) is 0 Å². The fourth-order valence-corrected chi connectivity index (χ4v) is 8.51. The van der Waals surface area contributed by atoms with E-state index < -0.39 is 11.8 Å². The Balaban J connectivity index is 0. The molecule has 0 spiro atoms. The fraction of sp³-hybridized carbons (Fsp3) is 0.769. The highest BCUT2D eigenvalue weighted by Crippen LogP contribution is 2.18. The number of hydrogen-bond donors (Lipinski definition) is 2. The van der Waals surface area contributed by atoms with Crippen LogP contribution in [0.2, 0.25) is 0 Å². The van der Waals surface area contributed by atoms with E-state index in [-0.39, 0.29) is 69.3 Å². The molecule has 0 saturated carbocycles. The summed E-state index contributed by atoms with van der Waals surface area (Å²) in [6, 6.07) is 0. The number of quaternary nitrogens is 1. The number of unbranched alkanes of at least 4 members (excludes halogenated alkanes) is 24. The number of aliphatic hydroxyl groups is 1. The molecule has 0 heterocycles. The van der Waals surface area contributed by atoms with Crippen LogP contribution in [-0.4, -0.2) is 86.8 Å². The first-order valence-corrected chi connectivity index (χ1v) is 30.6. The molecule has 0 aromatic heterocycles. The Morgan fingerprint density at radius 1 is 0.440 bits per heavy atom. The van der Waals surface area contributed by atoms with Gasteiger partial charge in [-0.3, -0.25) is 14.4 Å². The number of ether oxygens (including phenoxy) is 3. The predicted molar refractivity (Wildman–Crippen MR) is 315 cm³/mol. The van der Waals surface area contributed by atoms with Crippen molar-refractivity contribution in [1.82, 2.24) is 5.32 Å². The van der Waals surface area contributed by atoms with Gasteiger partial charge in [0.05, 0.1) is 34.3 Å². The Kier molecular flexibility index (Phi) is 55.1. The summed E-state index contributed by atoms with van der Waals surface area (Å²) in [6.45, 7) is 6.95. The van der Waals surface area contributed by atoms with E-state index in [0.29, 0.717) is 25.7 Å². The van der Waals surface area contributed by atoms with Gasteiger partial charge in [-0.05, 0) is 116 Å². The second kappa shape index (κ2) is 55.8. The third kappa shape index (κ3) is 55.6. The molecule has 75 heavy (non-hydrogen) atoms. The lowest BCUT2D eigenvalue weighted by atomic mass is 10.0. The van der Waals surface area contributed by atoms with Crippen LogP contribution in [0, 0.1) is 0 Å². The zero-order valence-corrected chi connectivity index (χ0v) is 50.2. The number of nitrogens with one attached hydrogen (secondary N) is 1. The molecule has 1 unspecified atom stereocenters. The molecule has 0 aliphatic rings. The summed E-state index contributed by atoms with van der Waals surface area (Å²) in [5.74, 6) is -0.931. The number of esters is 2. The van der Waals surface area contributed by atoms with Gasteiger partial charge in [-0.25, -0.2) is 0 Å². The Morgan fingerprint density at radius 2 is 0.760 bits per heavy atom. The minimum absolute atomic E-state index is 0. The van der Waals surface area contributed by atoms with E-state index in [1.54, 1.807) is 0 Å². The number of carbonyl (C=O) groups is 3. The van der Waals surface area contributed by atoms with Gasteiger partial charge >= 0.3 is 11.9 Å².